The van der Waals surface area contributed by atoms with E-state index < -0.39 is 0 Å². The topological polar surface area (TPSA) is 24.9 Å². The Morgan fingerprint density at radius 1 is 1.17 bits per heavy atom. The van der Waals surface area contributed by atoms with Gasteiger partial charge in [-0.15, -0.1) is 0 Å². The number of aryl methyl sites for hydroxylation is 1. The van der Waals surface area contributed by atoms with Crippen molar-refractivity contribution < 1.29 is 0 Å². The van der Waals surface area contributed by atoms with Gasteiger partial charge >= 0.3 is 0 Å². The summed E-state index contributed by atoms with van der Waals surface area (Å²) in [6.45, 7) is 3.07. The third kappa shape index (κ3) is 3.41. The molecule has 1 heterocycles. The predicted octanol–water partition coefficient (Wildman–Crippen LogP) is 2.94. The van der Waals surface area contributed by atoms with Crippen LogP contribution in [0.3, 0.4) is 0 Å². The molecule has 2 aromatic rings. The van der Waals surface area contributed by atoms with Crippen molar-refractivity contribution in [3.05, 3.63) is 65.5 Å². The summed E-state index contributed by atoms with van der Waals surface area (Å²) in [6.07, 6.45) is 4.90. The van der Waals surface area contributed by atoms with E-state index in [-0.39, 0.29) is 0 Å². The number of likely N-dealkylation sites (N-methyl/N-ethyl adjacent to an activating group) is 1. The Bertz CT molecular complexity index is 479. The summed E-state index contributed by atoms with van der Waals surface area (Å²) in [5, 5.41) is 3.28. The van der Waals surface area contributed by atoms with Crippen molar-refractivity contribution >= 4 is 0 Å². The van der Waals surface area contributed by atoms with Crippen LogP contribution in [0.25, 0.3) is 0 Å². The molecular formula is C16H20N2. The van der Waals surface area contributed by atoms with Crippen LogP contribution in [0.2, 0.25) is 0 Å². The molecule has 0 saturated heterocycles. The van der Waals surface area contributed by atoms with Crippen molar-refractivity contribution in [1.82, 2.24) is 10.3 Å². The van der Waals surface area contributed by atoms with Crippen LogP contribution in [0.5, 0.6) is 0 Å². The minimum atomic E-state index is 0.500. The van der Waals surface area contributed by atoms with Gasteiger partial charge in [-0.2, -0.15) is 0 Å². The van der Waals surface area contributed by atoms with E-state index in [9.17, 15) is 0 Å². The second-order valence-electron chi connectivity index (χ2n) is 4.74. The van der Waals surface area contributed by atoms with Gasteiger partial charge in [0.1, 0.15) is 0 Å². The van der Waals surface area contributed by atoms with Gasteiger partial charge in [0.15, 0.2) is 0 Å². The van der Waals surface area contributed by atoms with E-state index in [1.54, 1.807) is 0 Å². The number of rotatable bonds is 5. The van der Waals surface area contributed by atoms with Gasteiger partial charge in [-0.1, -0.05) is 36.4 Å². The molecule has 0 saturated carbocycles. The van der Waals surface area contributed by atoms with Gasteiger partial charge in [-0.3, -0.25) is 4.98 Å². The van der Waals surface area contributed by atoms with Gasteiger partial charge < -0.3 is 5.32 Å². The van der Waals surface area contributed by atoms with E-state index in [0.29, 0.717) is 5.92 Å². The van der Waals surface area contributed by atoms with Crippen molar-refractivity contribution in [3.8, 4) is 0 Å². The monoisotopic (exact) mass is 240 g/mol. The summed E-state index contributed by atoms with van der Waals surface area (Å²) in [7, 11) is 2.00. The van der Waals surface area contributed by atoms with Gasteiger partial charge in [-0.25, -0.2) is 0 Å². The first-order valence-electron chi connectivity index (χ1n) is 6.39. The summed E-state index contributed by atoms with van der Waals surface area (Å²) in [4.78, 5) is 4.27. The zero-order chi connectivity index (χ0) is 12.8. The minimum Gasteiger partial charge on any atom is -0.319 e. The largest absolute Gasteiger partial charge is 0.319 e. The maximum absolute atomic E-state index is 4.27. The molecule has 18 heavy (non-hydrogen) atoms. The highest BCUT2D eigenvalue weighted by Crippen LogP contribution is 2.20. The molecule has 1 N–H and O–H groups in total. The molecule has 0 spiro atoms. The second kappa shape index (κ2) is 6.31. The van der Waals surface area contributed by atoms with Gasteiger partial charge in [0.2, 0.25) is 0 Å². The van der Waals surface area contributed by atoms with Gasteiger partial charge in [0.05, 0.1) is 0 Å². The van der Waals surface area contributed by atoms with Crippen molar-refractivity contribution in [1.29, 1.82) is 0 Å². The maximum Gasteiger partial charge on any atom is 0.0300 e. The molecule has 0 bridgehead atoms. The van der Waals surface area contributed by atoms with E-state index in [1.165, 1.54) is 16.7 Å². The van der Waals surface area contributed by atoms with Crippen LogP contribution in [0.4, 0.5) is 0 Å². The van der Waals surface area contributed by atoms with Crippen LogP contribution in [-0.4, -0.2) is 18.6 Å². The minimum absolute atomic E-state index is 0.500. The van der Waals surface area contributed by atoms with Crippen molar-refractivity contribution in [2.75, 3.05) is 13.6 Å². The van der Waals surface area contributed by atoms with Crippen molar-refractivity contribution in [2.24, 2.45) is 0 Å². The van der Waals surface area contributed by atoms with Crippen LogP contribution in [0.1, 0.15) is 22.6 Å². The Kier molecular flexibility index (Phi) is 4.48. The zero-order valence-electron chi connectivity index (χ0n) is 11.1. The standard InChI is InChI=1S/C16H20N2/c1-13-8-14(11-18-10-13)9-16(12-17-2)15-6-4-3-5-7-15/h3-8,10-11,16-17H,9,12H2,1-2H3. The molecule has 0 fully saturated rings. The molecule has 0 aliphatic rings. The SMILES string of the molecule is CNCC(Cc1cncc(C)c1)c1ccccc1. The second-order valence-corrected chi connectivity index (χ2v) is 4.74. The quantitative estimate of drug-likeness (QED) is 0.869. The lowest BCUT2D eigenvalue weighted by Crippen LogP contribution is -2.19. The van der Waals surface area contributed by atoms with E-state index in [2.05, 4.69) is 53.6 Å². The molecule has 1 aromatic carbocycles. The normalized spacial score (nSPS) is 12.3. The fourth-order valence-corrected chi connectivity index (χ4v) is 2.29. The van der Waals surface area contributed by atoms with E-state index in [0.717, 1.165) is 13.0 Å². The van der Waals surface area contributed by atoms with Gasteiger partial charge in [0, 0.05) is 24.9 Å². The summed E-state index contributed by atoms with van der Waals surface area (Å²) >= 11 is 0. The molecule has 1 unspecified atom stereocenters. The molecule has 0 amide bonds. The number of benzene rings is 1. The first kappa shape index (κ1) is 12.8. The Labute approximate surface area is 109 Å². The average Bonchev–Trinajstić information content (AvgIpc) is 2.39. The van der Waals surface area contributed by atoms with Gasteiger partial charge in [-0.05, 0) is 37.1 Å². The molecule has 0 aliphatic heterocycles. The number of nitrogens with zero attached hydrogens (tertiary/aromatic N) is 1. The smallest absolute Gasteiger partial charge is 0.0300 e. The van der Waals surface area contributed by atoms with E-state index in [1.807, 2.05) is 19.4 Å². The molecule has 2 heteroatoms. The molecule has 2 nitrogen and oxygen atoms in total. The Hall–Kier alpha value is -1.67. The zero-order valence-corrected chi connectivity index (χ0v) is 11.1. The van der Waals surface area contributed by atoms with Crippen LogP contribution >= 0.6 is 0 Å². The molecule has 1 aromatic heterocycles. The summed E-state index contributed by atoms with van der Waals surface area (Å²) in [6, 6.07) is 12.9. The van der Waals surface area contributed by atoms with E-state index in [4.69, 9.17) is 0 Å². The van der Waals surface area contributed by atoms with Crippen molar-refractivity contribution in [2.45, 2.75) is 19.3 Å². The Morgan fingerprint density at radius 3 is 2.61 bits per heavy atom. The number of aromatic nitrogens is 1. The first-order valence-corrected chi connectivity index (χ1v) is 6.39. The molecule has 0 radical (unpaired) electrons. The summed E-state index contributed by atoms with van der Waals surface area (Å²) in [5.41, 5.74) is 3.91. The van der Waals surface area contributed by atoms with Crippen LogP contribution in [-0.2, 0) is 6.42 Å². The molecule has 2 rings (SSSR count). The summed E-state index contributed by atoms with van der Waals surface area (Å²) in [5.74, 6) is 0.500. The highest BCUT2D eigenvalue weighted by molar-refractivity contribution is 5.25. The molecule has 94 valence electrons. The lowest BCUT2D eigenvalue weighted by Gasteiger charge is -2.17. The van der Waals surface area contributed by atoms with Crippen molar-refractivity contribution in [3.63, 3.8) is 0 Å². The lowest BCUT2D eigenvalue weighted by molar-refractivity contribution is 0.624. The number of hydrogen-bond donors (Lipinski definition) is 1. The molecule has 0 aliphatic carbocycles. The third-order valence-corrected chi connectivity index (χ3v) is 3.14. The third-order valence-electron chi connectivity index (χ3n) is 3.14. The number of hydrogen-bond acceptors (Lipinski definition) is 2. The maximum atomic E-state index is 4.27. The first-order chi connectivity index (χ1) is 8.79. The Morgan fingerprint density at radius 2 is 1.94 bits per heavy atom. The fourth-order valence-electron chi connectivity index (χ4n) is 2.29. The lowest BCUT2D eigenvalue weighted by atomic mass is 9.92. The average molecular weight is 240 g/mol. The predicted molar refractivity (Wildman–Crippen MR) is 75.8 cm³/mol. The van der Waals surface area contributed by atoms with Crippen LogP contribution in [0, 0.1) is 6.92 Å². The highest BCUT2D eigenvalue weighted by Gasteiger charge is 2.11. The van der Waals surface area contributed by atoms with Crippen LogP contribution < -0.4 is 5.32 Å². The van der Waals surface area contributed by atoms with Gasteiger partial charge in [0.25, 0.3) is 0 Å². The van der Waals surface area contributed by atoms with Crippen LogP contribution in [0.15, 0.2) is 48.8 Å². The molecular weight excluding hydrogens is 220 g/mol. The van der Waals surface area contributed by atoms with E-state index >= 15 is 0 Å². The highest BCUT2D eigenvalue weighted by atomic mass is 14.8. The number of nitrogens with one attached hydrogen (secondary N) is 1. The fraction of sp³-hybridized carbons (Fsp3) is 0.312. The summed E-state index contributed by atoms with van der Waals surface area (Å²) < 4.78 is 0. The Balaban J connectivity index is 2.16. The number of pyridine rings is 1. The molecule has 1 atom stereocenters.